The third-order valence-electron chi connectivity index (χ3n) is 4.15. The maximum atomic E-state index is 11.8. The number of aliphatic carboxylic acids is 1. The molecule has 5 heteroatoms. The zero-order valence-corrected chi connectivity index (χ0v) is 12.0. The minimum absolute atomic E-state index is 0.199. The van der Waals surface area contributed by atoms with Gasteiger partial charge in [-0.15, -0.1) is 0 Å². The fraction of sp³-hybridized carbons (Fsp3) is 0.533. The molecule has 1 heterocycles. The highest BCUT2D eigenvalue weighted by molar-refractivity contribution is 5.78. The number of carbonyl (C=O) groups is 1. The van der Waals surface area contributed by atoms with Crippen LogP contribution in [-0.2, 0) is 11.2 Å². The molecule has 1 aromatic carbocycles. The summed E-state index contributed by atoms with van der Waals surface area (Å²) < 4.78 is 0. The Kier molecular flexibility index (Phi) is 4.30. The Balaban J connectivity index is 2.16. The number of hydrogen-bond acceptors (Lipinski definition) is 4. The second-order valence-electron chi connectivity index (χ2n) is 5.71. The number of nitrogens with zero attached hydrogens (tertiary/aromatic N) is 2. The molecule has 1 unspecified atom stereocenters. The van der Waals surface area contributed by atoms with Gasteiger partial charge in [0.1, 0.15) is 11.3 Å². The summed E-state index contributed by atoms with van der Waals surface area (Å²) in [6, 6.07) is 6.77. The zero-order chi connectivity index (χ0) is 14.8. The third-order valence-corrected chi connectivity index (χ3v) is 4.15. The standard InChI is InChI=1S/C15H22N2O3/c1-15(14(19)20,17-9-7-16(2)8-10-17)11-12-3-5-13(18)6-4-12/h3-6,18H,7-11H2,1-2H3,(H,19,20). The number of benzene rings is 1. The molecule has 110 valence electrons. The van der Waals surface area contributed by atoms with Gasteiger partial charge in [-0.1, -0.05) is 12.1 Å². The topological polar surface area (TPSA) is 64.0 Å². The van der Waals surface area contributed by atoms with Gasteiger partial charge >= 0.3 is 5.97 Å². The molecular formula is C15H22N2O3. The molecule has 1 saturated heterocycles. The molecule has 0 aliphatic carbocycles. The van der Waals surface area contributed by atoms with E-state index in [1.54, 1.807) is 31.2 Å². The van der Waals surface area contributed by atoms with E-state index in [2.05, 4.69) is 11.9 Å². The van der Waals surface area contributed by atoms with E-state index in [-0.39, 0.29) is 5.75 Å². The van der Waals surface area contributed by atoms with Crippen LogP contribution in [0, 0.1) is 0 Å². The van der Waals surface area contributed by atoms with Crippen molar-refractivity contribution in [3.8, 4) is 5.75 Å². The van der Waals surface area contributed by atoms with Gasteiger partial charge in [-0.25, -0.2) is 0 Å². The highest BCUT2D eigenvalue weighted by atomic mass is 16.4. The fourth-order valence-corrected chi connectivity index (χ4v) is 2.63. The number of phenols is 1. The number of likely N-dealkylation sites (N-methyl/N-ethyl adjacent to an activating group) is 1. The molecule has 1 atom stereocenters. The van der Waals surface area contributed by atoms with Gasteiger partial charge in [-0.3, -0.25) is 9.69 Å². The van der Waals surface area contributed by atoms with Crippen molar-refractivity contribution in [1.29, 1.82) is 0 Å². The van der Waals surface area contributed by atoms with E-state index >= 15 is 0 Å². The molecule has 1 aromatic rings. The van der Waals surface area contributed by atoms with Crippen LogP contribution in [0.5, 0.6) is 5.75 Å². The maximum absolute atomic E-state index is 11.8. The van der Waals surface area contributed by atoms with Crippen LogP contribution in [0.1, 0.15) is 12.5 Å². The Morgan fingerprint density at radius 2 is 1.75 bits per heavy atom. The SMILES string of the molecule is CN1CCN(C(C)(Cc2ccc(O)cc2)C(=O)O)CC1. The lowest BCUT2D eigenvalue weighted by Gasteiger charge is -2.42. The first kappa shape index (κ1) is 14.8. The van der Waals surface area contributed by atoms with Crippen molar-refractivity contribution < 1.29 is 15.0 Å². The fourth-order valence-electron chi connectivity index (χ4n) is 2.63. The summed E-state index contributed by atoms with van der Waals surface area (Å²) in [4.78, 5) is 16.0. The van der Waals surface area contributed by atoms with Gasteiger partial charge < -0.3 is 15.1 Å². The summed E-state index contributed by atoms with van der Waals surface area (Å²) in [6.07, 6.45) is 0.437. The van der Waals surface area contributed by atoms with Crippen LogP contribution in [-0.4, -0.2) is 64.7 Å². The molecule has 0 amide bonds. The Labute approximate surface area is 119 Å². The zero-order valence-electron chi connectivity index (χ0n) is 12.0. The summed E-state index contributed by atoms with van der Waals surface area (Å²) in [5.74, 6) is -0.597. The van der Waals surface area contributed by atoms with Gasteiger partial charge in [0.25, 0.3) is 0 Å². The van der Waals surface area contributed by atoms with E-state index in [9.17, 15) is 15.0 Å². The van der Waals surface area contributed by atoms with E-state index in [1.807, 2.05) is 4.90 Å². The maximum Gasteiger partial charge on any atom is 0.324 e. The lowest BCUT2D eigenvalue weighted by Crippen LogP contribution is -2.59. The number of hydrogen-bond donors (Lipinski definition) is 2. The minimum atomic E-state index is -0.905. The highest BCUT2D eigenvalue weighted by Gasteiger charge is 2.40. The minimum Gasteiger partial charge on any atom is -0.508 e. The molecule has 0 spiro atoms. The number of carboxylic acid groups (broad SMARTS) is 1. The van der Waals surface area contributed by atoms with Gasteiger partial charge in [0.05, 0.1) is 0 Å². The second-order valence-corrected chi connectivity index (χ2v) is 5.71. The van der Waals surface area contributed by atoms with Crippen molar-refractivity contribution >= 4 is 5.97 Å². The molecule has 0 bridgehead atoms. The van der Waals surface area contributed by atoms with Crippen molar-refractivity contribution in [3.63, 3.8) is 0 Å². The summed E-state index contributed by atoms with van der Waals surface area (Å²) in [5.41, 5.74) is 0.0183. The predicted octanol–water partition coefficient (Wildman–Crippen LogP) is 1.03. The largest absolute Gasteiger partial charge is 0.508 e. The number of phenolic OH excluding ortho intramolecular Hbond substituents is 1. The average Bonchev–Trinajstić information content (AvgIpc) is 2.42. The van der Waals surface area contributed by atoms with E-state index in [4.69, 9.17) is 0 Å². The molecule has 0 saturated carbocycles. The van der Waals surface area contributed by atoms with Crippen LogP contribution in [0.2, 0.25) is 0 Å². The van der Waals surface area contributed by atoms with E-state index in [1.165, 1.54) is 0 Å². The highest BCUT2D eigenvalue weighted by Crippen LogP contribution is 2.24. The number of rotatable bonds is 4. The number of aromatic hydroxyl groups is 1. The molecule has 1 aliphatic heterocycles. The summed E-state index contributed by atoms with van der Waals surface area (Å²) >= 11 is 0. The first-order valence-corrected chi connectivity index (χ1v) is 6.87. The smallest absolute Gasteiger partial charge is 0.324 e. The van der Waals surface area contributed by atoms with Crippen LogP contribution < -0.4 is 0 Å². The predicted molar refractivity (Wildman–Crippen MR) is 76.9 cm³/mol. The summed E-state index contributed by atoms with van der Waals surface area (Å²) in [6.45, 7) is 5.08. The van der Waals surface area contributed by atoms with E-state index < -0.39 is 11.5 Å². The lowest BCUT2D eigenvalue weighted by molar-refractivity contribution is -0.151. The monoisotopic (exact) mass is 278 g/mol. The molecule has 20 heavy (non-hydrogen) atoms. The molecular weight excluding hydrogens is 256 g/mol. The van der Waals surface area contributed by atoms with Crippen molar-refractivity contribution in [3.05, 3.63) is 29.8 Å². The van der Waals surface area contributed by atoms with Gasteiger partial charge in [-0.2, -0.15) is 0 Å². The van der Waals surface area contributed by atoms with Crippen LogP contribution >= 0.6 is 0 Å². The van der Waals surface area contributed by atoms with Gasteiger partial charge in [0, 0.05) is 32.6 Å². The van der Waals surface area contributed by atoms with Crippen molar-refractivity contribution in [2.45, 2.75) is 18.9 Å². The first-order valence-electron chi connectivity index (χ1n) is 6.87. The number of piperazine rings is 1. The van der Waals surface area contributed by atoms with Crippen molar-refractivity contribution in [1.82, 2.24) is 9.80 Å². The van der Waals surface area contributed by atoms with Crippen molar-refractivity contribution in [2.24, 2.45) is 0 Å². The van der Waals surface area contributed by atoms with Crippen LogP contribution in [0.3, 0.4) is 0 Å². The van der Waals surface area contributed by atoms with Gasteiger partial charge in [-0.05, 0) is 31.7 Å². The van der Waals surface area contributed by atoms with Gasteiger partial charge in [0.2, 0.25) is 0 Å². The lowest BCUT2D eigenvalue weighted by atomic mass is 9.90. The average molecular weight is 278 g/mol. The van der Waals surface area contributed by atoms with E-state index in [0.29, 0.717) is 6.42 Å². The molecule has 1 fully saturated rings. The van der Waals surface area contributed by atoms with Gasteiger partial charge in [0.15, 0.2) is 0 Å². The second kappa shape index (κ2) is 5.81. The molecule has 2 N–H and O–H groups in total. The Morgan fingerprint density at radius 1 is 1.20 bits per heavy atom. The number of carboxylic acids is 1. The summed E-state index contributed by atoms with van der Waals surface area (Å²) in [7, 11) is 2.05. The van der Waals surface area contributed by atoms with Crippen LogP contribution in [0.15, 0.2) is 24.3 Å². The molecule has 2 rings (SSSR count). The molecule has 0 radical (unpaired) electrons. The van der Waals surface area contributed by atoms with E-state index in [0.717, 1.165) is 31.7 Å². The summed E-state index contributed by atoms with van der Waals surface area (Å²) in [5, 5.41) is 19.0. The third kappa shape index (κ3) is 3.11. The normalized spacial score (nSPS) is 20.5. The van der Waals surface area contributed by atoms with Crippen LogP contribution in [0.25, 0.3) is 0 Å². The molecule has 0 aromatic heterocycles. The Hall–Kier alpha value is -1.59. The Morgan fingerprint density at radius 3 is 2.25 bits per heavy atom. The molecule has 5 nitrogen and oxygen atoms in total. The quantitative estimate of drug-likeness (QED) is 0.861. The molecule has 1 aliphatic rings. The van der Waals surface area contributed by atoms with Crippen molar-refractivity contribution in [2.75, 3.05) is 33.2 Å². The first-order chi connectivity index (χ1) is 9.41. The van der Waals surface area contributed by atoms with Crippen LogP contribution in [0.4, 0.5) is 0 Å². The Bertz CT molecular complexity index is 467.